The van der Waals surface area contributed by atoms with E-state index < -0.39 is 6.29 Å². The summed E-state index contributed by atoms with van der Waals surface area (Å²) < 4.78 is 5.37. The zero-order chi connectivity index (χ0) is 11.0. The maximum Gasteiger partial charge on any atom is 0.197 e. The normalized spacial score (nSPS) is 24.5. The number of fused-ring (bicyclic) bond motifs is 1. The zero-order valence-electron chi connectivity index (χ0n) is 9.03. The number of hydrogen-bond acceptors (Lipinski definition) is 3. The minimum Gasteiger partial charge on any atom is -0.508 e. The second-order valence-corrected chi connectivity index (χ2v) is 4.04. The van der Waals surface area contributed by atoms with Crippen LogP contribution in [0.1, 0.15) is 36.8 Å². The fourth-order valence-corrected chi connectivity index (χ4v) is 2.12. The summed E-state index contributed by atoms with van der Waals surface area (Å²) in [5, 5.41) is 19.1. The summed E-state index contributed by atoms with van der Waals surface area (Å²) in [5.74, 6) is 1.20. The lowest BCUT2D eigenvalue weighted by Gasteiger charge is -2.30. The van der Waals surface area contributed by atoms with Crippen LogP contribution in [-0.4, -0.2) is 16.5 Å². The summed E-state index contributed by atoms with van der Waals surface area (Å²) >= 11 is 0. The van der Waals surface area contributed by atoms with Gasteiger partial charge in [-0.25, -0.2) is 0 Å². The first-order valence-corrected chi connectivity index (χ1v) is 5.30. The first-order valence-electron chi connectivity index (χ1n) is 5.30. The highest BCUT2D eigenvalue weighted by molar-refractivity contribution is 5.50. The zero-order valence-corrected chi connectivity index (χ0v) is 9.03. The number of aliphatic hydroxyl groups is 1. The minimum atomic E-state index is -0.747. The Bertz CT molecular complexity index is 373. The third-order valence-corrected chi connectivity index (χ3v) is 3.08. The van der Waals surface area contributed by atoms with Crippen LogP contribution in [0.5, 0.6) is 11.5 Å². The van der Waals surface area contributed by atoms with E-state index in [4.69, 9.17) is 4.74 Å². The van der Waals surface area contributed by atoms with E-state index in [-0.39, 0.29) is 5.75 Å². The fraction of sp³-hybridized carbons (Fsp3) is 0.500. The molecule has 2 N–H and O–H groups in total. The summed E-state index contributed by atoms with van der Waals surface area (Å²) in [7, 11) is 0. The van der Waals surface area contributed by atoms with Crippen molar-refractivity contribution in [3.8, 4) is 11.5 Å². The minimum absolute atomic E-state index is 0.220. The SMILES string of the molecule is CC[C@@H]1C[C@@H](O)Oc2c1ccc(O)c2C. The van der Waals surface area contributed by atoms with Crippen molar-refractivity contribution >= 4 is 0 Å². The van der Waals surface area contributed by atoms with Crippen molar-refractivity contribution in [1.29, 1.82) is 0 Å². The number of benzene rings is 1. The van der Waals surface area contributed by atoms with Gasteiger partial charge in [0.05, 0.1) is 0 Å². The van der Waals surface area contributed by atoms with Crippen molar-refractivity contribution < 1.29 is 14.9 Å². The molecule has 0 bridgehead atoms. The molecule has 1 aromatic carbocycles. The molecule has 0 radical (unpaired) electrons. The molecule has 0 amide bonds. The van der Waals surface area contributed by atoms with E-state index in [9.17, 15) is 10.2 Å². The van der Waals surface area contributed by atoms with Gasteiger partial charge in [0.15, 0.2) is 6.29 Å². The van der Waals surface area contributed by atoms with Crippen LogP contribution in [0.3, 0.4) is 0 Å². The second-order valence-electron chi connectivity index (χ2n) is 4.04. The van der Waals surface area contributed by atoms with E-state index in [0.717, 1.165) is 12.0 Å². The van der Waals surface area contributed by atoms with Crippen LogP contribution in [0.2, 0.25) is 0 Å². The Labute approximate surface area is 89.3 Å². The Balaban J connectivity index is 2.51. The van der Waals surface area contributed by atoms with E-state index in [0.29, 0.717) is 23.7 Å². The number of ether oxygens (including phenoxy) is 1. The predicted molar refractivity (Wildman–Crippen MR) is 57.1 cm³/mol. The van der Waals surface area contributed by atoms with E-state index in [1.54, 1.807) is 13.0 Å². The highest BCUT2D eigenvalue weighted by Gasteiger charge is 2.27. The van der Waals surface area contributed by atoms with Gasteiger partial charge in [0.1, 0.15) is 11.5 Å². The maximum absolute atomic E-state index is 9.57. The molecule has 0 unspecified atom stereocenters. The van der Waals surface area contributed by atoms with Gasteiger partial charge in [-0.3, -0.25) is 0 Å². The Morgan fingerprint density at radius 3 is 2.87 bits per heavy atom. The highest BCUT2D eigenvalue weighted by atomic mass is 16.6. The first-order chi connectivity index (χ1) is 7.13. The Morgan fingerprint density at radius 1 is 1.47 bits per heavy atom. The molecule has 0 saturated carbocycles. The van der Waals surface area contributed by atoms with Crippen LogP contribution in [0.25, 0.3) is 0 Å². The summed E-state index contributed by atoms with van der Waals surface area (Å²) in [4.78, 5) is 0. The third-order valence-electron chi connectivity index (χ3n) is 3.08. The van der Waals surface area contributed by atoms with Crippen LogP contribution in [0.4, 0.5) is 0 Å². The molecule has 1 aliphatic rings. The van der Waals surface area contributed by atoms with Crippen molar-refractivity contribution in [2.45, 2.75) is 38.9 Å². The van der Waals surface area contributed by atoms with Crippen molar-refractivity contribution in [2.24, 2.45) is 0 Å². The number of phenols is 1. The molecule has 1 aromatic rings. The third kappa shape index (κ3) is 1.67. The van der Waals surface area contributed by atoms with E-state index in [1.165, 1.54) is 0 Å². The summed E-state index contributed by atoms with van der Waals surface area (Å²) in [6.07, 6.45) is 0.855. The molecule has 2 atom stereocenters. The van der Waals surface area contributed by atoms with Crippen LogP contribution >= 0.6 is 0 Å². The molecular weight excluding hydrogens is 192 g/mol. The lowest BCUT2D eigenvalue weighted by molar-refractivity contribution is -0.0399. The van der Waals surface area contributed by atoms with Crippen LogP contribution in [0, 0.1) is 6.92 Å². The Kier molecular flexibility index (Phi) is 2.57. The molecule has 15 heavy (non-hydrogen) atoms. The number of aliphatic hydroxyl groups excluding tert-OH is 1. The van der Waals surface area contributed by atoms with E-state index in [2.05, 4.69) is 6.92 Å². The van der Waals surface area contributed by atoms with Crippen LogP contribution in [0.15, 0.2) is 12.1 Å². The molecule has 0 aromatic heterocycles. The molecule has 3 heteroatoms. The van der Waals surface area contributed by atoms with E-state index >= 15 is 0 Å². The van der Waals surface area contributed by atoms with Crippen molar-refractivity contribution in [3.63, 3.8) is 0 Å². The lowest BCUT2D eigenvalue weighted by atomic mass is 9.89. The van der Waals surface area contributed by atoms with Gasteiger partial charge in [0.2, 0.25) is 0 Å². The van der Waals surface area contributed by atoms with Gasteiger partial charge < -0.3 is 14.9 Å². The molecule has 0 saturated heterocycles. The number of rotatable bonds is 1. The van der Waals surface area contributed by atoms with Gasteiger partial charge in [-0.05, 0) is 30.9 Å². The lowest BCUT2D eigenvalue weighted by Crippen LogP contribution is -2.25. The molecule has 1 heterocycles. The van der Waals surface area contributed by atoms with Gasteiger partial charge in [0.25, 0.3) is 0 Å². The smallest absolute Gasteiger partial charge is 0.197 e. The van der Waals surface area contributed by atoms with Gasteiger partial charge in [-0.2, -0.15) is 0 Å². The largest absolute Gasteiger partial charge is 0.508 e. The van der Waals surface area contributed by atoms with Crippen molar-refractivity contribution in [2.75, 3.05) is 0 Å². The molecule has 0 spiro atoms. The standard InChI is InChI=1S/C12H16O3/c1-3-8-6-11(14)15-12-7(2)10(13)5-4-9(8)12/h4-5,8,11,13-14H,3,6H2,1-2H3/t8-,11+/m1/s1. The monoisotopic (exact) mass is 208 g/mol. The molecule has 2 rings (SSSR count). The quantitative estimate of drug-likeness (QED) is 0.744. The topological polar surface area (TPSA) is 49.7 Å². The number of phenolic OH excluding ortho intramolecular Hbond substituents is 1. The van der Waals surface area contributed by atoms with E-state index in [1.807, 2.05) is 6.07 Å². The molecular formula is C12H16O3. The highest BCUT2D eigenvalue weighted by Crippen LogP contribution is 2.42. The van der Waals surface area contributed by atoms with Crippen LogP contribution < -0.4 is 4.74 Å². The molecule has 1 aliphatic heterocycles. The second kappa shape index (κ2) is 3.74. The number of hydrogen-bond donors (Lipinski definition) is 2. The maximum atomic E-state index is 9.57. The summed E-state index contributed by atoms with van der Waals surface area (Å²) in [6.45, 7) is 3.90. The first kappa shape index (κ1) is 10.3. The fourth-order valence-electron chi connectivity index (χ4n) is 2.12. The Morgan fingerprint density at radius 2 is 2.20 bits per heavy atom. The number of aromatic hydroxyl groups is 1. The summed E-state index contributed by atoms with van der Waals surface area (Å²) in [6, 6.07) is 3.58. The average Bonchev–Trinajstić information content (AvgIpc) is 2.23. The van der Waals surface area contributed by atoms with Crippen molar-refractivity contribution in [3.05, 3.63) is 23.3 Å². The molecule has 82 valence electrons. The molecule has 3 nitrogen and oxygen atoms in total. The predicted octanol–water partition coefficient (Wildman–Crippen LogP) is 2.30. The van der Waals surface area contributed by atoms with Gasteiger partial charge in [-0.15, -0.1) is 0 Å². The van der Waals surface area contributed by atoms with Crippen molar-refractivity contribution in [1.82, 2.24) is 0 Å². The van der Waals surface area contributed by atoms with Gasteiger partial charge in [0, 0.05) is 12.0 Å². The van der Waals surface area contributed by atoms with Crippen LogP contribution in [-0.2, 0) is 0 Å². The van der Waals surface area contributed by atoms with Gasteiger partial charge >= 0.3 is 0 Å². The summed E-state index contributed by atoms with van der Waals surface area (Å²) in [5.41, 5.74) is 1.81. The molecule has 0 aliphatic carbocycles. The Hall–Kier alpha value is -1.22. The average molecular weight is 208 g/mol. The van der Waals surface area contributed by atoms with Gasteiger partial charge in [-0.1, -0.05) is 13.0 Å². The molecule has 0 fully saturated rings.